The van der Waals surface area contributed by atoms with Gasteiger partial charge in [-0.15, -0.1) is 0 Å². The number of hydrogen-bond donors (Lipinski definition) is 1. The smallest absolute Gasteiger partial charge is 0.303 e. The predicted octanol–water partition coefficient (Wildman–Crippen LogP) is 3.72. The van der Waals surface area contributed by atoms with Crippen LogP contribution in [0.5, 0.6) is 0 Å². The maximum absolute atomic E-state index is 11.1. The summed E-state index contributed by atoms with van der Waals surface area (Å²) in [6.45, 7) is 3.19. The van der Waals surface area contributed by atoms with E-state index in [1.165, 1.54) is 36.9 Å². The molecule has 2 atom stereocenters. The summed E-state index contributed by atoms with van der Waals surface area (Å²) >= 11 is 0. The standard InChI is InChI=1S/C18H25NO2/c1-13(10-18(20)21)17-11-15-8-4-5-9-16(15)19(17)12-14-6-2-3-7-14/h4-5,8-9,13-14,17H,2-3,6-7,10-12H2,1H3,(H,20,21). The number of carboxylic acid groups (broad SMARTS) is 1. The van der Waals surface area contributed by atoms with Crippen LogP contribution in [-0.4, -0.2) is 23.7 Å². The minimum Gasteiger partial charge on any atom is -0.481 e. The molecule has 3 heteroatoms. The molecule has 0 radical (unpaired) electrons. The summed E-state index contributed by atoms with van der Waals surface area (Å²) in [5, 5.41) is 9.11. The van der Waals surface area contributed by atoms with Crippen molar-refractivity contribution in [3.63, 3.8) is 0 Å². The maximum atomic E-state index is 11.1. The van der Waals surface area contributed by atoms with Crippen molar-refractivity contribution in [3.05, 3.63) is 29.8 Å². The Balaban J connectivity index is 1.80. The maximum Gasteiger partial charge on any atom is 0.303 e. The van der Waals surface area contributed by atoms with Gasteiger partial charge in [-0.1, -0.05) is 38.0 Å². The van der Waals surface area contributed by atoms with Crippen LogP contribution in [0.2, 0.25) is 0 Å². The molecule has 1 aromatic carbocycles. The molecule has 1 fully saturated rings. The van der Waals surface area contributed by atoms with Gasteiger partial charge in [-0.25, -0.2) is 0 Å². The molecule has 1 aromatic rings. The molecule has 0 saturated heterocycles. The van der Waals surface area contributed by atoms with E-state index < -0.39 is 5.97 Å². The summed E-state index contributed by atoms with van der Waals surface area (Å²) < 4.78 is 0. The van der Waals surface area contributed by atoms with E-state index in [0.29, 0.717) is 6.04 Å². The first-order valence-corrected chi connectivity index (χ1v) is 8.21. The Morgan fingerprint density at radius 1 is 1.33 bits per heavy atom. The lowest BCUT2D eigenvalue weighted by atomic mass is 9.94. The number of benzene rings is 1. The zero-order valence-corrected chi connectivity index (χ0v) is 12.8. The highest BCUT2D eigenvalue weighted by atomic mass is 16.4. The van der Waals surface area contributed by atoms with Gasteiger partial charge in [-0.3, -0.25) is 4.79 Å². The highest BCUT2D eigenvalue weighted by molar-refractivity contribution is 5.68. The zero-order chi connectivity index (χ0) is 14.8. The number of para-hydroxylation sites is 1. The lowest BCUT2D eigenvalue weighted by Gasteiger charge is -2.33. The zero-order valence-electron chi connectivity index (χ0n) is 12.8. The molecule has 0 aromatic heterocycles. The van der Waals surface area contributed by atoms with Gasteiger partial charge in [0, 0.05) is 24.7 Å². The van der Waals surface area contributed by atoms with Crippen molar-refractivity contribution < 1.29 is 9.90 Å². The number of nitrogens with zero attached hydrogens (tertiary/aromatic N) is 1. The van der Waals surface area contributed by atoms with Gasteiger partial charge in [-0.2, -0.15) is 0 Å². The van der Waals surface area contributed by atoms with Gasteiger partial charge in [0.2, 0.25) is 0 Å². The molecule has 1 aliphatic heterocycles. The van der Waals surface area contributed by atoms with Crippen molar-refractivity contribution in [1.82, 2.24) is 0 Å². The van der Waals surface area contributed by atoms with Crippen LogP contribution in [0.3, 0.4) is 0 Å². The Morgan fingerprint density at radius 3 is 2.76 bits per heavy atom. The molecule has 2 unspecified atom stereocenters. The number of carboxylic acids is 1. The average Bonchev–Trinajstić information content (AvgIpc) is 3.07. The van der Waals surface area contributed by atoms with E-state index in [1.807, 2.05) is 0 Å². The van der Waals surface area contributed by atoms with Crippen molar-refractivity contribution >= 4 is 11.7 Å². The molecule has 1 aliphatic carbocycles. The van der Waals surface area contributed by atoms with E-state index in [9.17, 15) is 4.79 Å². The van der Waals surface area contributed by atoms with Gasteiger partial charge in [-0.05, 0) is 42.7 Å². The Morgan fingerprint density at radius 2 is 2.05 bits per heavy atom. The molecule has 0 amide bonds. The van der Waals surface area contributed by atoms with Crippen LogP contribution >= 0.6 is 0 Å². The Kier molecular flexibility index (Phi) is 4.18. The Bertz CT molecular complexity index is 508. The van der Waals surface area contributed by atoms with Crippen LogP contribution in [0.1, 0.15) is 44.6 Å². The van der Waals surface area contributed by atoms with E-state index >= 15 is 0 Å². The second-order valence-corrected chi connectivity index (χ2v) is 6.78. The molecule has 3 nitrogen and oxygen atoms in total. The fourth-order valence-corrected chi connectivity index (χ4v) is 4.10. The van der Waals surface area contributed by atoms with Crippen LogP contribution in [0.25, 0.3) is 0 Å². The number of fused-ring (bicyclic) bond motifs is 1. The fraction of sp³-hybridized carbons (Fsp3) is 0.611. The minimum absolute atomic E-state index is 0.191. The van der Waals surface area contributed by atoms with Gasteiger partial charge < -0.3 is 10.0 Å². The van der Waals surface area contributed by atoms with Crippen molar-refractivity contribution in [1.29, 1.82) is 0 Å². The number of aliphatic carboxylic acids is 1. The average molecular weight is 287 g/mol. The SMILES string of the molecule is CC(CC(=O)O)C1Cc2ccccc2N1CC1CCCC1. The highest BCUT2D eigenvalue weighted by Gasteiger charge is 2.35. The van der Waals surface area contributed by atoms with E-state index in [1.54, 1.807) is 0 Å². The van der Waals surface area contributed by atoms with E-state index in [0.717, 1.165) is 18.9 Å². The second-order valence-electron chi connectivity index (χ2n) is 6.78. The largest absolute Gasteiger partial charge is 0.481 e. The summed E-state index contributed by atoms with van der Waals surface area (Å²) in [5.41, 5.74) is 2.73. The Labute approximate surface area is 127 Å². The summed E-state index contributed by atoms with van der Waals surface area (Å²) in [7, 11) is 0. The summed E-state index contributed by atoms with van der Waals surface area (Å²) in [6.07, 6.45) is 6.64. The van der Waals surface area contributed by atoms with Gasteiger partial charge in [0.15, 0.2) is 0 Å². The lowest BCUT2D eigenvalue weighted by molar-refractivity contribution is -0.138. The number of hydrogen-bond acceptors (Lipinski definition) is 2. The van der Waals surface area contributed by atoms with Gasteiger partial charge >= 0.3 is 5.97 Å². The molecule has 114 valence electrons. The van der Waals surface area contributed by atoms with Gasteiger partial charge in [0.05, 0.1) is 0 Å². The molecule has 1 heterocycles. The lowest BCUT2D eigenvalue weighted by Crippen LogP contribution is -2.40. The molecule has 0 bridgehead atoms. The van der Waals surface area contributed by atoms with Crippen molar-refractivity contribution in [3.8, 4) is 0 Å². The first-order valence-electron chi connectivity index (χ1n) is 8.21. The van der Waals surface area contributed by atoms with Crippen molar-refractivity contribution in [2.45, 2.75) is 51.5 Å². The van der Waals surface area contributed by atoms with E-state index in [-0.39, 0.29) is 12.3 Å². The molecule has 1 saturated carbocycles. The number of anilines is 1. The molecule has 1 N–H and O–H groups in total. The molecular formula is C18H25NO2. The van der Waals surface area contributed by atoms with Crippen molar-refractivity contribution in [2.24, 2.45) is 11.8 Å². The molecule has 2 aliphatic rings. The van der Waals surface area contributed by atoms with Gasteiger partial charge in [0.1, 0.15) is 0 Å². The second kappa shape index (κ2) is 6.08. The third kappa shape index (κ3) is 3.07. The van der Waals surface area contributed by atoms with E-state index in [4.69, 9.17) is 5.11 Å². The van der Waals surface area contributed by atoms with Crippen LogP contribution in [0.15, 0.2) is 24.3 Å². The van der Waals surface area contributed by atoms with Crippen LogP contribution in [0, 0.1) is 11.8 Å². The topological polar surface area (TPSA) is 40.5 Å². The molecule has 21 heavy (non-hydrogen) atoms. The van der Waals surface area contributed by atoms with Crippen LogP contribution in [-0.2, 0) is 11.2 Å². The fourth-order valence-electron chi connectivity index (χ4n) is 4.10. The minimum atomic E-state index is -0.681. The van der Waals surface area contributed by atoms with Gasteiger partial charge in [0.25, 0.3) is 0 Å². The normalized spacial score (nSPS) is 23.3. The van der Waals surface area contributed by atoms with Crippen LogP contribution < -0.4 is 4.90 Å². The van der Waals surface area contributed by atoms with E-state index in [2.05, 4.69) is 36.1 Å². The molecule has 0 spiro atoms. The molecular weight excluding hydrogens is 262 g/mol. The predicted molar refractivity (Wildman–Crippen MR) is 84.7 cm³/mol. The first-order chi connectivity index (χ1) is 10.1. The number of carbonyl (C=O) groups is 1. The quantitative estimate of drug-likeness (QED) is 0.897. The highest BCUT2D eigenvalue weighted by Crippen LogP contribution is 2.38. The van der Waals surface area contributed by atoms with Crippen LogP contribution in [0.4, 0.5) is 5.69 Å². The number of rotatable bonds is 5. The first kappa shape index (κ1) is 14.4. The summed E-state index contributed by atoms with van der Waals surface area (Å²) in [4.78, 5) is 13.6. The molecule has 3 rings (SSSR count). The third-order valence-electron chi connectivity index (χ3n) is 5.21. The van der Waals surface area contributed by atoms with Crippen molar-refractivity contribution in [2.75, 3.05) is 11.4 Å². The summed E-state index contributed by atoms with van der Waals surface area (Å²) in [6, 6.07) is 8.95. The third-order valence-corrected chi connectivity index (χ3v) is 5.21. The summed E-state index contributed by atoms with van der Waals surface area (Å²) in [5.74, 6) is 0.297. The monoisotopic (exact) mass is 287 g/mol. The Hall–Kier alpha value is -1.51.